The van der Waals surface area contributed by atoms with E-state index in [0.717, 1.165) is 31.5 Å². The minimum atomic E-state index is 0.794. The van der Waals surface area contributed by atoms with E-state index in [1.165, 1.54) is 38.5 Å². The first-order valence-electron chi connectivity index (χ1n) is 7.25. The van der Waals surface area contributed by atoms with Crippen LogP contribution >= 0.6 is 11.6 Å². The molecule has 0 bridgehead atoms. The maximum absolute atomic E-state index is 5.54. The van der Waals surface area contributed by atoms with Crippen LogP contribution in [0.5, 0.6) is 0 Å². The number of rotatable bonds is 0. The maximum atomic E-state index is 5.54. The minimum absolute atomic E-state index is 0.794. The zero-order valence-electron chi connectivity index (χ0n) is 11.7. The van der Waals surface area contributed by atoms with Crippen LogP contribution in [-0.2, 0) is 9.47 Å². The molecule has 0 saturated carbocycles. The lowest BCUT2D eigenvalue weighted by Gasteiger charge is -2.08. The van der Waals surface area contributed by atoms with E-state index >= 15 is 0 Å². The van der Waals surface area contributed by atoms with Crippen molar-refractivity contribution in [1.82, 2.24) is 0 Å². The standard InChI is InChI=1S/C6H5Cl.2C5H10O/c7-6-4-2-1-3-5-6;2*1-2-4-6-5-3-1/h1-5H;2*1-5H2. The molecule has 2 aliphatic rings. The zero-order valence-corrected chi connectivity index (χ0v) is 12.4. The van der Waals surface area contributed by atoms with Crippen molar-refractivity contribution in [2.45, 2.75) is 38.5 Å². The van der Waals surface area contributed by atoms with Crippen LogP contribution in [0.1, 0.15) is 38.5 Å². The van der Waals surface area contributed by atoms with Crippen LogP contribution in [0, 0.1) is 0 Å². The Labute approximate surface area is 122 Å². The Kier molecular flexibility index (Phi) is 10.8. The lowest BCUT2D eigenvalue weighted by molar-refractivity contribution is 0.0967. The number of halogens is 1. The van der Waals surface area contributed by atoms with Crippen LogP contribution in [0.15, 0.2) is 30.3 Å². The van der Waals surface area contributed by atoms with Gasteiger partial charge in [-0.05, 0) is 50.7 Å². The second-order valence-electron chi connectivity index (χ2n) is 4.64. The molecular formula is C16H25ClO2. The molecular weight excluding hydrogens is 260 g/mol. The smallest absolute Gasteiger partial charge is 0.0466 e. The Balaban J connectivity index is 0.000000143. The highest BCUT2D eigenvalue weighted by atomic mass is 35.5. The largest absolute Gasteiger partial charge is 0.381 e. The van der Waals surface area contributed by atoms with Gasteiger partial charge in [0.1, 0.15) is 0 Å². The van der Waals surface area contributed by atoms with Crippen LogP contribution in [0.25, 0.3) is 0 Å². The third-order valence-corrected chi connectivity index (χ3v) is 3.14. The molecule has 1 aromatic rings. The van der Waals surface area contributed by atoms with Crippen LogP contribution in [0.4, 0.5) is 0 Å². The second kappa shape index (κ2) is 12.5. The second-order valence-corrected chi connectivity index (χ2v) is 5.08. The summed E-state index contributed by atoms with van der Waals surface area (Å²) in [4.78, 5) is 0. The van der Waals surface area contributed by atoms with Gasteiger partial charge < -0.3 is 9.47 Å². The SMILES string of the molecule is C1CCOCC1.C1CCOCC1.Clc1ccccc1. The summed E-state index contributed by atoms with van der Waals surface area (Å²) in [6.45, 7) is 4.00. The molecule has 108 valence electrons. The summed E-state index contributed by atoms with van der Waals surface area (Å²) in [6, 6.07) is 9.44. The van der Waals surface area contributed by atoms with Gasteiger partial charge in [-0.25, -0.2) is 0 Å². The number of hydrogen-bond acceptors (Lipinski definition) is 2. The van der Waals surface area contributed by atoms with E-state index in [9.17, 15) is 0 Å². The van der Waals surface area contributed by atoms with Gasteiger partial charge in [0.05, 0.1) is 0 Å². The predicted octanol–water partition coefficient (Wildman–Crippen LogP) is 4.71. The van der Waals surface area contributed by atoms with E-state index in [2.05, 4.69) is 0 Å². The predicted molar refractivity (Wildman–Crippen MR) is 80.8 cm³/mol. The maximum Gasteiger partial charge on any atom is 0.0466 e. The Bertz CT molecular complexity index is 247. The Morgan fingerprint density at radius 3 is 1.21 bits per heavy atom. The summed E-state index contributed by atoms with van der Waals surface area (Å²) in [7, 11) is 0. The summed E-state index contributed by atoms with van der Waals surface area (Å²) in [5, 5.41) is 0.794. The summed E-state index contributed by atoms with van der Waals surface area (Å²) < 4.78 is 10.1. The van der Waals surface area contributed by atoms with Gasteiger partial charge in [-0.15, -0.1) is 0 Å². The normalized spacial score (nSPS) is 18.4. The fraction of sp³-hybridized carbons (Fsp3) is 0.625. The van der Waals surface area contributed by atoms with Gasteiger partial charge in [-0.2, -0.15) is 0 Å². The molecule has 2 saturated heterocycles. The molecule has 0 N–H and O–H groups in total. The minimum Gasteiger partial charge on any atom is -0.381 e. The molecule has 0 atom stereocenters. The van der Waals surface area contributed by atoms with E-state index in [1.54, 1.807) is 0 Å². The summed E-state index contributed by atoms with van der Waals surface area (Å²) in [5.74, 6) is 0. The molecule has 0 spiro atoms. The topological polar surface area (TPSA) is 18.5 Å². The van der Waals surface area contributed by atoms with E-state index in [4.69, 9.17) is 21.1 Å². The number of hydrogen-bond donors (Lipinski definition) is 0. The van der Waals surface area contributed by atoms with Crippen molar-refractivity contribution >= 4 is 11.6 Å². The molecule has 19 heavy (non-hydrogen) atoms. The summed E-state index contributed by atoms with van der Waals surface area (Å²) >= 11 is 5.54. The molecule has 2 fully saturated rings. The van der Waals surface area contributed by atoms with E-state index < -0.39 is 0 Å². The molecule has 0 unspecified atom stereocenters. The van der Waals surface area contributed by atoms with E-state index in [-0.39, 0.29) is 0 Å². The van der Waals surface area contributed by atoms with Crippen LogP contribution in [0.3, 0.4) is 0 Å². The molecule has 3 rings (SSSR count). The number of benzene rings is 1. The molecule has 2 aliphatic heterocycles. The molecule has 2 nitrogen and oxygen atoms in total. The quantitative estimate of drug-likeness (QED) is 0.687. The first-order chi connectivity index (χ1) is 9.39. The molecule has 1 aromatic carbocycles. The van der Waals surface area contributed by atoms with Gasteiger partial charge in [0, 0.05) is 31.5 Å². The van der Waals surface area contributed by atoms with Crippen molar-refractivity contribution in [2.24, 2.45) is 0 Å². The van der Waals surface area contributed by atoms with Crippen molar-refractivity contribution in [3.8, 4) is 0 Å². The highest BCUT2D eigenvalue weighted by molar-refractivity contribution is 6.30. The van der Waals surface area contributed by atoms with Gasteiger partial charge in [0.15, 0.2) is 0 Å². The van der Waals surface area contributed by atoms with Gasteiger partial charge >= 0.3 is 0 Å². The zero-order chi connectivity index (χ0) is 13.6. The van der Waals surface area contributed by atoms with Crippen LogP contribution < -0.4 is 0 Å². The lowest BCUT2D eigenvalue weighted by Crippen LogP contribution is -2.03. The average Bonchev–Trinajstić information content (AvgIpc) is 2.53. The van der Waals surface area contributed by atoms with Gasteiger partial charge in [0.25, 0.3) is 0 Å². The monoisotopic (exact) mass is 284 g/mol. The molecule has 0 aromatic heterocycles. The highest BCUT2D eigenvalue weighted by Crippen LogP contribution is 2.03. The molecule has 0 aliphatic carbocycles. The van der Waals surface area contributed by atoms with Gasteiger partial charge in [-0.1, -0.05) is 29.8 Å². The molecule has 0 radical (unpaired) electrons. The first-order valence-corrected chi connectivity index (χ1v) is 7.63. The fourth-order valence-electron chi connectivity index (χ4n) is 1.79. The molecule has 2 heterocycles. The van der Waals surface area contributed by atoms with Gasteiger partial charge in [0.2, 0.25) is 0 Å². The first kappa shape index (κ1) is 16.5. The van der Waals surface area contributed by atoms with Crippen molar-refractivity contribution in [3.63, 3.8) is 0 Å². The molecule has 3 heteroatoms. The lowest BCUT2D eigenvalue weighted by atomic mass is 10.2. The van der Waals surface area contributed by atoms with Gasteiger partial charge in [-0.3, -0.25) is 0 Å². The van der Waals surface area contributed by atoms with Crippen molar-refractivity contribution in [3.05, 3.63) is 35.4 Å². The summed E-state index contributed by atoms with van der Waals surface area (Å²) in [6.07, 6.45) is 7.86. The van der Waals surface area contributed by atoms with Crippen molar-refractivity contribution in [2.75, 3.05) is 26.4 Å². The fourth-order valence-corrected chi connectivity index (χ4v) is 1.93. The molecule has 0 amide bonds. The van der Waals surface area contributed by atoms with Crippen molar-refractivity contribution in [1.29, 1.82) is 0 Å². The third kappa shape index (κ3) is 11.0. The van der Waals surface area contributed by atoms with Crippen LogP contribution in [0.2, 0.25) is 5.02 Å². The van der Waals surface area contributed by atoms with Crippen molar-refractivity contribution < 1.29 is 9.47 Å². The Morgan fingerprint density at radius 1 is 0.632 bits per heavy atom. The Morgan fingerprint density at radius 2 is 1.05 bits per heavy atom. The highest BCUT2D eigenvalue weighted by Gasteiger charge is 1.95. The summed E-state index contributed by atoms with van der Waals surface area (Å²) in [5.41, 5.74) is 0. The van der Waals surface area contributed by atoms with Crippen LogP contribution in [-0.4, -0.2) is 26.4 Å². The Hall–Kier alpha value is -0.570. The van der Waals surface area contributed by atoms with E-state index in [0.29, 0.717) is 0 Å². The number of ether oxygens (including phenoxy) is 2. The third-order valence-electron chi connectivity index (χ3n) is 2.89. The average molecular weight is 285 g/mol. The van der Waals surface area contributed by atoms with E-state index in [1.807, 2.05) is 30.3 Å².